The number of carbonyl (C=O) groups excluding carboxylic acids is 1. The molecule has 0 aliphatic heterocycles. The van der Waals surface area contributed by atoms with Gasteiger partial charge in [0.25, 0.3) is 0 Å². The number of esters is 1. The van der Waals surface area contributed by atoms with E-state index in [-0.39, 0.29) is 32.0 Å². The topological polar surface area (TPSA) is 81.8 Å². The molecule has 0 saturated heterocycles. The monoisotopic (exact) mass is 191 g/mol. The Morgan fingerprint density at radius 2 is 2.08 bits per heavy atom. The first kappa shape index (κ1) is 12.3. The molecule has 0 spiro atoms. The minimum atomic E-state index is -0.451. The molecule has 2 unspecified atom stereocenters. The van der Waals surface area contributed by atoms with Crippen molar-refractivity contribution in [3.05, 3.63) is 0 Å². The van der Waals surface area contributed by atoms with Crippen LogP contribution in [0.3, 0.4) is 0 Å². The second kappa shape index (κ2) is 6.82. The minimum Gasteiger partial charge on any atom is -0.459 e. The van der Waals surface area contributed by atoms with Gasteiger partial charge in [-0.25, -0.2) is 0 Å². The second-order valence-electron chi connectivity index (χ2n) is 2.83. The second-order valence-corrected chi connectivity index (χ2v) is 2.83. The predicted octanol–water partition coefficient (Wildman–Crippen LogP) is -0.726. The number of rotatable bonds is 6. The lowest BCUT2D eigenvalue weighted by Crippen LogP contribution is -2.27. The third-order valence-corrected chi connectivity index (χ3v) is 1.37. The Bertz CT molecular complexity index is 151. The molecule has 0 rings (SSSR count). The summed E-state index contributed by atoms with van der Waals surface area (Å²) in [6.07, 6.45) is -0.566. The van der Waals surface area contributed by atoms with Crippen LogP contribution < -0.4 is 5.73 Å². The van der Waals surface area contributed by atoms with Gasteiger partial charge in [-0.1, -0.05) is 0 Å². The van der Waals surface area contributed by atoms with Crippen LogP contribution in [0.2, 0.25) is 0 Å². The Labute approximate surface area is 77.8 Å². The highest BCUT2D eigenvalue weighted by atomic mass is 16.6. The first-order valence-corrected chi connectivity index (χ1v) is 4.22. The average Bonchev–Trinajstić information content (AvgIpc) is 2.13. The van der Waals surface area contributed by atoms with Crippen molar-refractivity contribution >= 4 is 5.97 Å². The van der Waals surface area contributed by atoms with Crippen molar-refractivity contribution in [2.24, 2.45) is 5.73 Å². The molecule has 0 amide bonds. The summed E-state index contributed by atoms with van der Waals surface area (Å²) in [5.41, 5.74) is 5.05. The molecule has 0 heterocycles. The molecule has 0 saturated carbocycles. The van der Waals surface area contributed by atoms with E-state index in [1.165, 1.54) is 0 Å². The quantitative estimate of drug-likeness (QED) is 0.541. The van der Waals surface area contributed by atoms with E-state index >= 15 is 0 Å². The lowest BCUT2D eigenvalue weighted by molar-refractivity contribution is -0.150. The zero-order chi connectivity index (χ0) is 10.3. The average molecular weight is 191 g/mol. The van der Waals surface area contributed by atoms with Crippen molar-refractivity contribution in [3.8, 4) is 0 Å². The lowest BCUT2D eigenvalue weighted by atomic mass is 10.4. The molecule has 0 aliphatic carbocycles. The summed E-state index contributed by atoms with van der Waals surface area (Å²) in [6, 6.07) is 0. The van der Waals surface area contributed by atoms with Crippen LogP contribution in [0, 0.1) is 0 Å². The van der Waals surface area contributed by atoms with Crippen LogP contribution in [0.5, 0.6) is 0 Å². The van der Waals surface area contributed by atoms with Gasteiger partial charge < -0.3 is 20.3 Å². The number of hydrogen-bond donors (Lipinski definition) is 2. The highest BCUT2D eigenvalue weighted by Gasteiger charge is 2.09. The van der Waals surface area contributed by atoms with Gasteiger partial charge in [0.05, 0.1) is 25.9 Å². The first-order chi connectivity index (χ1) is 6.10. The molecule has 5 nitrogen and oxygen atoms in total. The van der Waals surface area contributed by atoms with Gasteiger partial charge in [0, 0.05) is 0 Å². The molecule has 3 N–H and O–H groups in total. The van der Waals surface area contributed by atoms with E-state index in [0.29, 0.717) is 0 Å². The SMILES string of the molecule is CC(CO)OCC(C)OC(=O)CN. The van der Waals surface area contributed by atoms with Gasteiger partial charge in [-0.05, 0) is 13.8 Å². The highest BCUT2D eigenvalue weighted by molar-refractivity contribution is 5.71. The van der Waals surface area contributed by atoms with E-state index < -0.39 is 5.97 Å². The van der Waals surface area contributed by atoms with Gasteiger partial charge in [0.1, 0.15) is 6.10 Å². The van der Waals surface area contributed by atoms with Crippen LogP contribution in [-0.2, 0) is 14.3 Å². The molecule has 0 aromatic heterocycles. The zero-order valence-corrected chi connectivity index (χ0v) is 8.03. The Balaban J connectivity index is 3.50. The van der Waals surface area contributed by atoms with Gasteiger partial charge >= 0.3 is 5.97 Å². The molecule has 0 aromatic rings. The normalized spacial score (nSPS) is 15.1. The molecule has 0 aliphatic rings. The summed E-state index contributed by atoms with van der Waals surface area (Å²) in [5.74, 6) is -0.451. The Kier molecular flexibility index (Phi) is 6.48. The van der Waals surface area contributed by atoms with Crippen molar-refractivity contribution in [1.29, 1.82) is 0 Å². The summed E-state index contributed by atoms with van der Waals surface area (Å²) in [4.78, 5) is 10.7. The van der Waals surface area contributed by atoms with E-state index in [0.717, 1.165) is 0 Å². The van der Waals surface area contributed by atoms with Gasteiger partial charge in [-0.15, -0.1) is 0 Å². The summed E-state index contributed by atoms with van der Waals surface area (Å²) < 4.78 is 9.95. The molecule has 0 aromatic carbocycles. The minimum absolute atomic E-state index is 0.0441. The third kappa shape index (κ3) is 6.51. The summed E-state index contributed by atoms with van der Waals surface area (Å²) in [7, 11) is 0. The molecular weight excluding hydrogens is 174 g/mol. The lowest BCUT2D eigenvalue weighted by Gasteiger charge is -2.15. The molecule has 2 atom stereocenters. The number of aliphatic hydroxyl groups is 1. The van der Waals surface area contributed by atoms with Crippen LogP contribution in [0.15, 0.2) is 0 Å². The van der Waals surface area contributed by atoms with Crippen LogP contribution in [0.25, 0.3) is 0 Å². The van der Waals surface area contributed by atoms with Crippen LogP contribution >= 0.6 is 0 Å². The zero-order valence-electron chi connectivity index (χ0n) is 8.03. The van der Waals surface area contributed by atoms with Gasteiger partial charge in [0.2, 0.25) is 0 Å². The fraction of sp³-hybridized carbons (Fsp3) is 0.875. The largest absolute Gasteiger partial charge is 0.459 e. The molecule has 5 heteroatoms. The smallest absolute Gasteiger partial charge is 0.320 e. The van der Waals surface area contributed by atoms with Crippen LogP contribution in [-0.4, -0.2) is 43.0 Å². The molecule has 78 valence electrons. The maximum Gasteiger partial charge on any atom is 0.320 e. The number of carbonyl (C=O) groups is 1. The van der Waals surface area contributed by atoms with Gasteiger partial charge in [-0.2, -0.15) is 0 Å². The van der Waals surface area contributed by atoms with Crippen molar-refractivity contribution in [2.45, 2.75) is 26.1 Å². The summed E-state index contributed by atoms with van der Waals surface area (Å²) >= 11 is 0. The molecular formula is C8H17NO4. The first-order valence-electron chi connectivity index (χ1n) is 4.22. The molecule has 0 fully saturated rings. The van der Waals surface area contributed by atoms with E-state index in [9.17, 15) is 4.79 Å². The maximum absolute atomic E-state index is 10.7. The fourth-order valence-corrected chi connectivity index (χ4v) is 0.659. The maximum atomic E-state index is 10.7. The van der Waals surface area contributed by atoms with Crippen molar-refractivity contribution in [2.75, 3.05) is 19.8 Å². The third-order valence-electron chi connectivity index (χ3n) is 1.37. The molecule has 13 heavy (non-hydrogen) atoms. The van der Waals surface area contributed by atoms with E-state index in [1.807, 2.05) is 0 Å². The Hall–Kier alpha value is -0.650. The predicted molar refractivity (Wildman–Crippen MR) is 47.1 cm³/mol. The molecule has 0 bridgehead atoms. The van der Waals surface area contributed by atoms with Crippen molar-refractivity contribution < 1.29 is 19.4 Å². The Morgan fingerprint density at radius 1 is 1.46 bits per heavy atom. The molecule has 0 radical (unpaired) electrons. The Morgan fingerprint density at radius 3 is 2.54 bits per heavy atom. The summed E-state index contributed by atoms with van der Waals surface area (Å²) in [5, 5.41) is 8.62. The fourth-order valence-electron chi connectivity index (χ4n) is 0.659. The number of ether oxygens (including phenoxy) is 2. The number of aliphatic hydroxyl groups excluding tert-OH is 1. The van der Waals surface area contributed by atoms with Gasteiger partial charge in [-0.3, -0.25) is 4.79 Å². The van der Waals surface area contributed by atoms with Crippen LogP contribution in [0.1, 0.15) is 13.8 Å². The van der Waals surface area contributed by atoms with E-state index in [4.69, 9.17) is 20.3 Å². The van der Waals surface area contributed by atoms with E-state index in [2.05, 4.69) is 0 Å². The highest BCUT2D eigenvalue weighted by Crippen LogP contribution is 1.96. The summed E-state index contributed by atoms with van der Waals surface area (Å²) in [6.45, 7) is 3.54. The number of nitrogens with two attached hydrogens (primary N) is 1. The number of hydrogen-bond acceptors (Lipinski definition) is 5. The van der Waals surface area contributed by atoms with E-state index in [1.54, 1.807) is 13.8 Å². The standard InChI is InChI=1S/C8H17NO4/c1-6(4-10)12-5-7(2)13-8(11)3-9/h6-7,10H,3-5,9H2,1-2H3. The van der Waals surface area contributed by atoms with Crippen LogP contribution in [0.4, 0.5) is 0 Å². The van der Waals surface area contributed by atoms with Crippen molar-refractivity contribution in [3.63, 3.8) is 0 Å². The van der Waals surface area contributed by atoms with Gasteiger partial charge in [0.15, 0.2) is 0 Å². The van der Waals surface area contributed by atoms with Crippen molar-refractivity contribution in [1.82, 2.24) is 0 Å².